The number of rotatable bonds is 7. The third-order valence-corrected chi connectivity index (χ3v) is 5.71. The Bertz CT molecular complexity index is 1190. The van der Waals surface area contributed by atoms with Crippen LogP contribution >= 0.6 is 11.6 Å². The summed E-state index contributed by atoms with van der Waals surface area (Å²) in [5.41, 5.74) is 3.95. The molecule has 1 heterocycles. The number of nitrogens with zero attached hydrogens (tertiary/aromatic N) is 1. The molecule has 6 heteroatoms. The predicted octanol–water partition coefficient (Wildman–Crippen LogP) is 5.09. The molecular formula is C26H23ClN2O3. The van der Waals surface area contributed by atoms with Crippen molar-refractivity contribution >= 4 is 34.7 Å². The van der Waals surface area contributed by atoms with E-state index in [1.54, 1.807) is 19.2 Å². The van der Waals surface area contributed by atoms with Crippen LogP contribution in [0.25, 0.3) is 5.57 Å². The van der Waals surface area contributed by atoms with Crippen molar-refractivity contribution in [3.05, 3.63) is 100 Å². The Kier molecular flexibility index (Phi) is 6.28. The highest BCUT2D eigenvalue weighted by Crippen LogP contribution is 2.32. The second-order valence-corrected chi connectivity index (χ2v) is 8.00. The number of hydrogen-bond donors (Lipinski definition) is 1. The van der Waals surface area contributed by atoms with Crippen molar-refractivity contribution in [2.75, 3.05) is 19.0 Å². The molecule has 0 unspecified atom stereocenters. The molecule has 0 radical (unpaired) electrons. The first kappa shape index (κ1) is 21.7. The van der Waals surface area contributed by atoms with Gasteiger partial charge in [0.25, 0.3) is 11.8 Å². The fourth-order valence-corrected chi connectivity index (χ4v) is 3.84. The van der Waals surface area contributed by atoms with Crippen molar-refractivity contribution in [3.63, 3.8) is 0 Å². The summed E-state index contributed by atoms with van der Waals surface area (Å²) >= 11 is 6.16. The first-order valence-electron chi connectivity index (χ1n) is 10.3. The van der Waals surface area contributed by atoms with Crippen LogP contribution in [0.4, 0.5) is 5.69 Å². The van der Waals surface area contributed by atoms with E-state index in [1.807, 2.05) is 67.6 Å². The molecule has 0 aromatic heterocycles. The molecular weight excluding hydrogens is 424 g/mol. The Morgan fingerprint density at radius 3 is 2.34 bits per heavy atom. The van der Waals surface area contributed by atoms with Crippen molar-refractivity contribution in [3.8, 4) is 5.75 Å². The number of carbonyl (C=O) groups excluding carboxylic acids is 2. The first-order chi connectivity index (χ1) is 15.5. The van der Waals surface area contributed by atoms with E-state index in [0.29, 0.717) is 28.3 Å². The van der Waals surface area contributed by atoms with Crippen molar-refractivity contribution in [1.29, 1.82) is 0 Å². The fraction of sp³-hybridized carbons (Fsp3) is 0.154. The van der Waals surface area contributed by atoms with Crippen LogP contribution in [0, 0.1) is 6.92 Å². The zero-order chi connectivity index (χ0) is 22.7. The van der Waals surface area contributed by atoms with E-state index >= 15 is 0 Å². The summed E-state index contributed by atoms with van der Waals surface area (Å²) in [5.74, 6) is 0.108. The van der Waals surface area contributed by atoms with Crippen LogP contribution in [0.15, 0.2) is 78.5 Å². The largest absolute Gasteiger partial charge is 0.497 e. The number of benzene rings is 3. The number of hydrogen-bond acceptors (Lipinski definition) is 4. The number of aryl methyl sites for hydroxylation is 1. The van der Waals surface area contributed by atoms with Gasteiger partial charge in [0.15, 0.2) is 0 Å². The van der Waals surface area contributed by atoms with Gasteiger partial charge in [0.05, 0.1) is 12.7 Å². The van der Waals surface area contributed by atoms with Crippen molar-refractivity contribution in [1.82, 2.24) is 4.90 Å². The average molecular weight is 447 g/mol. The zero-order valence-corrected chi connectivity index (χ0v) is 18.6. The highest BCUT2D eigenvalue weighted by molar-refractivity contribution is 6.36. The minimum atomic E-state index is -0.346. The van der Waals surface area contributed by atoms with Crippen LogP contribution in [0.5, 0.6) is 5.75 Å². The molecule has 0 aliphatic carbocycles. The fourth-order valence-electron chi connectivity index (χ4n) is 3.66. The average Bonchev–Trinajstić information content (AvgIpc) is 3.04. The second-order valence-electron chi connectivity index (χ2n) is 7.56. The highest BCUT2D eigenvalue weighted by atomic mass is 35.5. The molecule has 32 heavy (non-hydrogen) atoms. The lowest BCUT2D eigenvalue weighted by Gasteiger charge is -2.16. The molecule has 0 saturated carbocycles. The van der Waals surface area contributed by atoms with Gasteiger partial charge >= 0.3 is 0 Å². The van der Waals surface area contributed by atoms with Crippen LogP contribution in [0.3, 0.4) is 0 Å². The maximum absolute atomic E-state index is 13.4. The van der Waals surface area contributed by atoms with Crippen molar-refractivity contribution < 1.29 is 14.3 Å². The Morgan fingerprint density at radius 2 is 1.66 bits per heavy atom. The molecule has 162 valence electrons. The number of amides is 2. The second kappa shape index (κ2) is 9.28. The quantitative estimate of drug-likeness (QED) is 0.513. The SMILES string of the molecule is COc1ccc(CCN2C(=O)C(Nc3cc(Cl)ccc3C)=C(c3ccccc3)C2=O)cc1. The van der Waals surface area contributed by atoms with Crippen LogP contribution < -0.4 is 10.1 Å². The van der Waals surface area contributed by atoms with Gasteiger partial charge < -0.3 is 10.1 Å². The molecule has 2 amide bonds. The van der Waals surface area contributed by atoms with Crippen molar-refractivity contribution in [2.45, 2.75) is 13.3 Å². The smallest absolute Gasteiger partial charge is 0.278 e. The van der Waals surface area contributed by atoms with Crippen LogP contribution in [-0.2, 0) is 16.0 Å². The summed E-state index contributed by atoms with van der Waals surface area (Å²) in [4.78, 5) is 28.0. The van der Waals surface area contributed by atoms with E-state index < -0.39 is 0 Å². The van der Waals surface area contributed by atoms with E-state index in [9.17, 15) is 9.59 Å². The standard InChI is InChI=1S/C26H23ClN2O3/c1-17-8-11-20(27)16-22(17)28-24-23(19-6-4-3-5-7-19)25(30)29(26(24)31)15-14-18-9-12-21(32-2)13-10-18/h3-13,16,28H,14-15H2,1-2H3. The molecule has 0 fully saturated rings. The Balaban J connectivity index is 1.64. The van der Waals surface area contributed by atoms with Gasteiger partial charge in [-0.25, -0.2) is 0 Å². The summed E-state index contributed by atoms with van der Waals surface area (Å²) in [7, 11) is 1.61. The zero-order valence-electron chi connectivity index (χ0n) is 17.9. The van der Waals surface area contributed by atoms with Crippen LogP contribution in [-0.4, -0.2) is 30.4 Å². The normalized spacial score (nSPS) is 13.7. The number of nitrogens with one attached hydrogen (secondary N) is 1. The topological polar surface area (TPSA) is 58.6 Å². The monoisotopic (exact) mass is 446 g/mol. The molecule has 0 bridgehead atoms. The molecule has 1 aliphatic heterocycles. The molecule has 0 saturated heterocycles. The van der Waals surface area contributed by atoms with Gasteiger partial charge in [-0.2, -0.15) is 0 Å². The van der Waals surface area contributed by atoms with Gasteiger partial charge in [-0.1, -0.05) is 60.1 Å². The molecule has 5 nitrogen and oxygen atoms in total. The number of carbonyl (C=O) groups is 2. The van der Waals surface area contributed by atoms with Gasteiger partial charge in [-0.3, -0.25) is 14.5 Å². The minimum Gasteiger partial charge on any atom is -0.497 e. The van der Waals surface area contributed by atoms with E-state index in [1.165, 1.54) is 4.90 Å². The maximum atomic E-state index is 13.4. The Hall–Kier alpha value is -3.57. The predicted molar refractivity (Wildman–Crippen MR) is 127 cm³/mol. The first-order valence-corrected chi connectivity index (χ1v) is 10.7. The number of methoxy groups -OCH3 is 1. The summed E-state index contributed by atoms with van der Waals surface area (Å²) in [6.07, 6.45) is 0.549. The van der Waals surface area contributed by atoms with Gasteiger partial charge in [-0.05, 0) is 54.3 Å². The molecule has 1 N–H and O–H groups in total. The number of ether oxygens (including phenoxy) is 1. The third-order valence-electron chi connectivity index (χ3n) is 5.47. The molecule has 1 aliphatic rings. The summed E-state index contributed by atoms with van der Waals surface area (Å²) in [6, 6.07) is 22.3. The summed E-state index contributed by atoms with van der Waals surface area (Å²) < 4.78 is 5.19. The lowest BCUT2D eigenvalue weighted by atomic mass is 10.0. The number of anilines is 1. The lowest BCUT2D eigenvalue weighted by Crippen LogP contribution is -2.34. The molecule has 3 aromatic carbocycles. The number of halogens is 1. The Labute approximate surface area is 192 Å². The van der Waals surface area contributed by atoms with Crippen molar-refractivity contribution in [2.24, 2.45) is 0 Å². The molecule has 0 spiro atoms. The van der Waals surface area contributed by atoms with Gasteiger partial charge in [-0.15, -0.1) is 0 Å². The summed E-state index contributed by atoms with van der Waals surface area (Å²) in [5, 5.41) is 3.74. The molecule has 3 aromatic rings. The minimum absolute atomic E-state index is 0.265. The van der Waals surface area contributed by atoms with Gasteiger partial charge in [0.1, 0.15) is 11.4 Å². The van der Waals surface area contributed by atoms with Crippen LogP contribution in [0.1, 0.15) is 16.7 Å². The number of imide groups is 1. The highest BCUT2D eigenvalue weighted by Gasteiger charge is 2.39. The summed E-state index contributed by atoms with van der Waals surface area (Å²) in [6.45, 7) is 2.20. The van der Waals surface area contributed by atoms with Gasteiger partial charge in [0.2, 0.25) is 0 Å². The van der Waals surface area contributed by atoms with E-state index in [-0.39, 0.29) is 24.1 Å². The van der Waals surface area contributed by atoms with E-state index in [2.05, 4.69) is 5.32 Å². The molecule has 4 rings (SSSR count). The van der Waals surface area contributed by atoms with Gasteiger partial charge in [0, 0.05) is 17.3 Å². The maximum Gasteiger partial charge on any atom is 0.278 e. The molecule has 0 atom stereocenters. The van der Waals surface area contributed by atoms with Crippen LogP contribution in [0.2, 0.25) is 5.02 Å². The third kappa shape index (κ3) is 4.39. The van der Waals surface area contributed by atoms with E-state index in [0.717, 1.165) is 16.9 Å². The van der Waals surface area contributed by atoms with E-state index in [4.69, 9.17) is 16.3 Å². The lowest BCUT2D eigenvalue weighted by molar-refractivity contribution is -0.136. The Morgan fingerprint density at radius 1 is 0.938 bits per heavy atom.